The van der Waals surface area contributed by atoms with Crippen molar-refractivity contribution in [2.75, 3.05) is 6.54 Å². The maximum absolute atomic E-state index is 11.9. The van der Waals surface area contributed by atoms with Crippen molar-refractivity contribution in [3.8, 4) is 0 Å². The number of aryl methyl sites for hydroxylation is 1. The summed E-state index contributed by atoms with van der Waals surface area (Å²) in [5.41, 5.74) is 4.82. The van der Waals surface area contributed by atoms with Crippen molar-refractivity contribution in [2.45, 2.75) is 32.6 Å². The highest BCUT2D eigenvalue weighted by Gasteiger charge is 2.18. The number of carbonyl (C=O) groups is 1. The number of aromatic nitrogens is 1. The maximum Gasteiger partial charge on any atom is 0.220 e. The topological polar surface area (TPSA) is 44.9 Å². The normalized spacial score (nSPS) is 12.2. The molecule has 0 aliphatic carbocycles. The number of para-hydroxylation sites is 1. The highest BCUT2D eigenvalue weighted by Crippen LogP contribution is 2.30. The number of carbonyl (C=O) groups excluding carboxylic acids is 1. The number of hydrogen-bond acceptors (Lipinski definition) is 1. The highest BCUT2D eigenvalue weighted by atomic mass is 16.1. The molecule has 3 aromatic rings. The lowest BCUT2D eigenvalue weighted by atomic mass is 9.90. The third-order valence-electron chi connectivity index (χ3n) is 4.46. The van der Waals surface area contributed by atoms with Gasteiger partial charge in [-0.3, -0.25) is 4.79 Å². The number of rotatable bonds is 6. The van der Waals surface area contributed by atoms with Crippen molar-refractivity contribution in [3.05, 3.63) is 71.4 Å². The Balaban J connectivity index is 1.95. The van der Waals surface area contributed by atoms with Gasteiger partial charge in [0, 0.05) is 36.0 Å². The van der Waals surface area contributed by atoms with E-state index in [4.69, 9.17) is 0 Å². The predicted molar refractivity (Wildman–Crippen MR) is 99.2 cm³/mol. The second-order valence-electron chi connectivity index (χ2n) is 6.31. The molecule has 3 nitrogen and oxygen atoms in total. The van der Waals surface area contributed by atoms with E-state index in [1.54, 1.807) is 0 Å². The Morgan fingerprint density at radius 3 is 2.62 bits per heavy atom. The lowest BCUT2D eigenvalue weighted by Gasteiger charge is -2.18. The molecule has 3 rings (SSSR count). The van der Waals surface area contributed by atoms with E-state index in [1.165, 1.54) is 22.1 Å². The van der Waals surface area contributed by atoms with Crippen LogP contribution in [0, 0.1) is 6.92 Å². The minimum atomic E-state index is 0.120. The van der Waals surface area contributed by atoms with E-state index in [0.717, 1.165) is 11.9 Å². The van der Waals surface area contributed by atoms with Gasteiger partial charge in [-0.25, -0.2) is 0 Å². The van der Waals surface area contributed by atoms with Crippen LogP contribution in [-0.2, 0) is 4.79 Å². The Bertz CT molecular complexity index is 817. The van der Waals surface area contributed by atoms with Crippen LogP contribution < -0.4 is 5.32 Å². The predicted octanol–water partition coefficient (Wildman–Crippen LogP) is 4.52. The van der Waals surface area contributed by atoms with Gasteiger partial charge in [-0.2, -0.15) is 0 Å². The molecule has 24 heavy (non-hydrogen) atoms. The average Bonchev–Trinajstić information content (AvgIpc) is 3.01. The van der Waals surface area contributed by atoms with Gasteiger partial charge in [0.25, 0.3) is 0 Å². The zero-order valence-electron chi connectivity index (χ0n) is 14.3. The first-order valence-electron chi connectivity index (χ1n) is 8.58. The van der Waals surface area contributed by atoms with Crippen molar-refractivity contribution in [2.24, 2.45) is 0 Å². The van der Waals surface area contributed by atoms with E-state index >= 15 is 0 Å². The van der Waals surface area contributed by atoms with Gasteiger partial charge in [-0.15, -0.1) is 0 Å². The Morgan fingerprint density at radius 1 is 1.12 bits per heavy atom. The summed E-state index contributed by atoms with van der Waals surface area (Å²) in [6.45, 7) is 4.73. The van der Waals surface area contributed by atoms with Crippen molar-refractivity contribution in [1.82, 2.24) is 10.3 Å². The number of hydrogen-bond donors (Lipinski definition) is 2. The summed E-state index contributed by atoms with van der Waals surface area (Å²) >= 11 is 0. The molecule has 2 N–H and O–H groups in total. The number of aromatic amines is 1. The molecule has 1 aromatic heterocycles. The summed E-state index contributed by atoms with van der Waals surface area (Å²) in [5.74, 6) is 0.261. The van der Waals surface area contributed by atoms with Crippen molar-refractivity contribution in [3.63, 3.8) is 0 Å². The molecule has 0 aliphatic rings. The molecule has 3 heteroatoms. The summed E-state index contributed by atoms with van der Waals surface area (Å²) in [6, 6.07) is 16.9. The van der Waals surface area contributed by atoms with Gasteiger partial charge in [0.05, 0.1) is 0 Å². The largest absolute Gasteiger partial charge is 0.361 e. The van der Waals surface area contributed by atoms with Gasteiger partial charge in [-0.05, 0) is 30.5 Å². The van der Waals surface area contributed by atoms with Crippen molar-refractivity contribution >= 4 is 16.8 Å². The highest BCUT2D eigenvalue weighted by molar-refractivity contribution is 5.84. The minimum absolute atomic E-state index is 0.120. The summed E-state index contributed by atoms with van der Waals surface area (Å²) in [7, 11) is 0. The number of H-pyrrole nitrogens is 1. The number of benzene rings is 2. The molecule has 1 amide bonds. The van der Waals surface area contributed by atoms with Crippen LogP contribution in [0.15, 0.2) is 54.7 Å². The van der Waals surface area contributed by atoms with Gasteiger partial charge in [0.2, 0.25) is 5.91 Å². The lowest BCUT2D eigenvalue weighted by molar-refractivity contribution is -0.121. The first-order valence-corrected chi connectivity index (χ1v) is 8.58. The lowest BCUT2D eigenvalue weighted by Crippen LogP contribution is -2.28. The fraction of sp³-hybridized carbons (Fsp3) is 0.286. The summed E-state index contributed by atoms with van der Waals surface area (Å²) in [6.07, 6.45) is 3.52. The van der Waals surface area contributed by atoms with Gasteiger partial charge in [-0.1, -0.05) is 55.0 Å². The first kappa shape index (κ1) is 16.3. The quantitative estimate of drug-likeness (QED) is 0.689. The van der Waals surface area contributed by atoms with Crippen LogP contribution in [0.25, 0.3) is 10.9 Å². The van der Waals surface area contributed by atoms with E-state index in [0.29, 0.717) is 13.0 Å². The molecule has 0 fully saturated rings. The Morgan fingerprint density at radius 2 is 1.88 bits per heavy atom. The molecule has 0 bridgehead atoms. The van der Waals surface area contributed by atoms with Gasteiger partial charge in [0.1, 0.15) is 0 Å². The molecule has 1 atom stereocenters. The van der Waals surface area contributed by atoms with E-state index in [2.05, 4.69) is 65.9 Å². The van der Waals surface area contributed by atoms with E-state index in [-0.39, 0.29) is 11.8 Å². The van der Waals surface area contributed by atoms with Crippen molar-refractivity contribution in [1.29, 1.82) is 0 Å². The van der Waals surface area contributed by atoms with Crippen LogP contribution in [-0.4, -0.2) is 17.4 Å². The maximum atomic E-state index is 11.9. The minimum Gasteiger partial charge on any atom is -0.361 e. The van der Waals surface area contributed by atoms with Crippen LogP contribution in [0.5, 0.6) is 0 Å². The molecule has 2 aromatic carbocycles. The SMILES string of the molecule is CCCC(=O)NCC(c1ccc(C)cc1)c1c[nH]c2ccccc12. The average molecular weight is 320 g/mol. The molecule has 124 valence electrons. The molecule has 0 saturated heterocycles. The second kappa shape index (κ2) is 7.35. The Hall–Kier alpha value is -2.55. The van der Waals surface area contributed by atoms with E-state index in [1.807, 2.05) is 13.0 Å². The third kappa shape index (κ3) is 3.51. The van der Waals surface area contributed by atoms with Gasteiger partial charge in [0.15, 0.2) is 0 Å². The van der Waals surface area contributed by atoms with Crippen LogP contribution in [0.3, 0.4) is 0 Å². The van der Waals surface area contributed by atoms with Crippen molar-refractivity contribution < 1.29 is 4.79 Å². The molecular formula is C21H24N2O. The zero-order valence-corrected chi connectivity index (χ0v) is 14.3. The standard InChI is InChI=1S/C21H24N2O/c1-3-6-21(24)23-13-18(16-11-9-15(2)10-12-16)19-14-22-20-8-5-4-7-17(19)20/h4-5,7-12,14,18,22H,3,6,13H2,1-2H3,(H,23,24). The Labute approximate surface area is 143 Å². The van der Waals surface area contributed by atoms with Crippen LogP contribution >= 0.6 is 0 Å². The van der Waals surface area contributed by atoms with E-state index in [9.17, 15) is 4.79 Å². The number of amides is 1. The summed E-state index contributed by atoms with van der Waals surface area (Å²) in [4.78, 5) is 15.3. The molecule has 0 saturated carbocycles. The molecule has 0 radical (unpaired) electrons. The number of fused-ring (bicyclic) bond motifs is 1. The Kier molecular flexibility index (Phi) is 4.99. The monoisotopic (exact) mass is 320 g/mol. The molecule has 1 unspecified atom stereocenters. The fourth-order valence-corrected chi connectivity index (χ4v) is 3.12. The van der Waals surface area contributed by atoms with Gasteiger partial charge < -0.3 is 10.3 Å². The number of nitrogens with one attached hydrogen (secondary N) is 2. The van der Waals surface area contributed by atoms with Gasteiger partial charge >= 0.3 is 0 Å². The zero-order chi connectivity index (χ0) is 16.9. The smallest absolute Gasteiger partial charge is 0.220 e. The second-order valence-corrected chi connectivity index (χ2v) is 6.31. The third-order valence-corrected chi connectivity index (χ3v) is 4.46. The fourth-order valence-electron chi connectivity index (χ4n) is 3.12. The first-order chi connectivity index (χ1) is 11.7. The summed E-state index contributed by atoms with van der Waals surface area (Å²) in [5, 5.41) is 4.31. The van der Waals surface area contributed by atoms with Crippen LogP contribution in [0.4, 0.5) is 0 Å². The summed E-state index contributed by atoms with van der Waals surface area (Å²) < 4.78 is 0. The molecule has 0 spiro atoms. The van der Waals surface area contributed by atoms with Crippen LogP contribution in [0.2, 0.25) is 0 Å². The van der Waals surface area contributed by atoms with E-state index < -0.39 is 0 Å². The molecular weight excluding hydrogens is 296 g/mol. The molecule has 0 aliphatic heterocycles. The van der Waals surface area contributed by atoms with Crippen LogP contribution in [0.1, 0.15) is 42.4 Å². The molecule has 1 heterocycles.